The van der Waals surface area contributed by atoms with Crippen molar-refractivity contribution in [1.82, 2.24) is 4.90 Å². The molecule has 5 heteroatoms. The lowest BCUT2D eigenvalue weighted by Crippen LogP contribution is -2.61. The molecule has 1 aliphatic carbocycles. The van der Waals surface area contributed by atoms with E-state index in [-0.39, 0.29) is 30.4 Å². The summed E-state index contributed by atoms with van der Waals surface area (Å²) in [5.41, 5.74) is 6.08. The SMILES string of the molecule is CC1CC(C#N)N1C(=O)[C@@H](N)C1CCCCC1.Cl. The summed E-state index contributed by atoms with van der Waals surface area (Å²) < 4.78 is 0. The maximum Gasteiger partial charge on any atom is 0.241 e. The number of nitriles is 1. The number of carbonyl (C=O) groups is 1. The summed E-state index contributed by atoms with van der Waals surface area (Å²) >= 11 is 0. The second-order valence-electron chi connectivity index (χ2n) is 5.40. The molecule has 0 radical (unpaired) electrons. The van der Waals surface area contributed by atoms with Gasteiger partial charge in [0, 0.05) is 12.5 Å². The molecule has 2 N–H and O–H groups in total. The van der Waals surface area contributed by atoms with Gasteiger partial charge in [0.25, 0.3) is 0 Å². The molecule has 0 bridgehead atoms. The predicted octanol–water partition coefficient (Wildman–Crippen LogP) is 1.83. The Bertz CT molecular complexity index is 336. The van der Waals surface area contributed by atoms with Gasteiger partial charge in [-0.05, 0) is 25.7 Å². The van der Waals surface area contributed by atoms with E-state index in [0.717, 1.165) is 19.3 Å². The van der Waals surface area contributed by atoms with Crippen LogP contribution in [-0.2, 0) is 4.79 Å². The van der Waals surface area contributed by atoms with Gasteiger partial charge in [-0.1, -0.05) is 19.3 Å². The van der Waals surface area contributed by atoms with E-state index in [1.807, 2.05) is 6.92 Å². The molecular formula is C13H22ClN3O. The zero-order valence-electron chi connectivity index (χ0n) is 10.8. The number of nitrogens with zero attached hydrogens (tertiary/aromatic N) is 2. The third-order valence-corrected chi connectivity index (χ3v) is 4.22. The van der Waals surface area contributed by atoms with E-state index in [0.29, 0.717) is 5.92 Å². The van der Waals surface area contributed by atoms with Crippen molar-refractivity contribution in [2.24, 2.45) is 11.7 Å². The van der Waals surface area contributed by atoms with Crippen LogP contribution in [0.25, 0.3) is 0 Å². The zero-order chi connectivity index (χ0) is 12.4. The average Bonchev–Trinajstić information content (AvgIpc) is 2.35. The Morgan fingerprint density at radius 2 is 2.00 bits per heavy atom. The molecule has 2 aliphatic rings. The highest BCUT2D eigenvalue weighted by Crippen LogP contribution is 2.30. The number of nitrogens with two attached hydrogens (primary N) is 1. The maximum atomic E-state index is 12.3. The summed E-state index contributed by atoms with van der Waals surface area (Å²) in [6.07, 6.45) is 6.54. The van der Waals surface area contributed by atoms with Crippen molar-refractivity contribution in [3.05, 3.63) is 0 Å². The second-order valence-corrected chi connectivity index (χ2v) is 5.40. The standard InChI is InChI=1S/C13H21N3O.ClH/c1-9-7-11(8-14)16(9)13(17)12(15)10-5-3-2-4-6-10;/h9-12H,2-7,15H2,1H3;1H/t9?,11?,12-;/m0./s1. The Labute approximate surface area is 115 Å². The summed E-state index contributed by atoms with van der Waals surface area (Å²) in [5.74, 6) is 0.311. The van der Waals surface area contributed by atoms with E-state index in [1.54, 1.807) is 4.90 Å². The fourth-order valence-electron chi connectivity index (χ4n) is 3.07. The van der Waals surface area contributed by atoms with Gasteiger partial charge >= 0.3 is 0 Å². The Balaban J connectivity index is 0.00000162. The lowest BCUT2D eigenvalue weighted by Gasteiger charge is -2.45. The number of rotatable bonds is 2. The van der Waals surface area contributed by atoms with Gasteiger partial charge in [0.1, 0.15) is 6.04 Å². The molecule has 0 aromatic rings. The summed E-state index contributed by atoms with van der Waals surface area (Å²) in [5, 5.41) is 8.93. The first-order valence-corrected chi connectivity index (χ1v) is 6.62. The maximum absolute atomic E-state index is 12.3. The largest absolute Gasteiger partial charge is 0.322 e. The molecule has 1 aliphatic heterocycles. The van der Waals surface area contributed by atoms with Crippen LogP contribution in [0.2, 0.25) is 0 Å². The molecule has 2 rings (SSSR count). The molecule has 0 spiro atoms. The Morgan fingerprint density at radius 1 is 1.39 bits per heavy atom. The highest BCUT2D eigenvalue weighted by Gasteiger charge is 2.42. The molecule has 2 fully saturated rings. The third kappa shape index (κ3) is 2.78. The number of carbonyl (C=O) groups excluding carboxylic acids is 1. The van der Waals surface area contributed by atoms with Crippen LogP contribution >= 0.6 is 12.4 Å². The average molecular weight is 272 g/mol. The normalized spacial score (nSPS) is 29.7. The van der Waals surface area contributed by atoms with E-state index in [4.69, 9.17) is 11.0 Å². The van der Waals surface area contributed by atoms with E-state index in [9.17, 15) is 4.79 Å². The molecule has 2 unspecified atom stereocenters. The van der Waals surface area contributed by atoms with Gasteiger partial charge < -0.3 is 10.6 Å². The van der Waals surface area contributed by atoms with Crippen molar-refractivity contribution < 1.29 is 4.79 Å². The minimum absolute atomic E-state index is 0. The van der Waals surface area contributed by atoms with Crippen LogP contribution in [-0.4, -0.2) is 28.9 Å². The molecule has 1 saturated heterocycles. The van der Waals surface area contributed by atoms with Crippen molar-refractivity contribution in [2.75, 3.05) is 0 Å². The van der Waals surface area contributed by atoms with Crippen molar-refractivity contribution in [2.45, 2.75) is 63.6 Å². The first-order chi connectivity index (χ1) is 8.15. The Morgan fingerprint density at radius 3 is 2.50 bits per heavy atom. The second kappa shape index (κ2) is 6.40. The van der Waals surface area contributed by atoms with Crippen LogP contribution in [0, 0.1) is 17.2 Å². The fraction of sp³-hybridized carbons (Fsp3) is 0.846. The summed E-state index contributed by atoms with van der Waals surface area (Å²) in [6, 6.07) is 1.71. The summed E-state index contributed by atoms with van der Waals surface area (Å²) in [4.78, 5) is 13.9. The predicted molar refractivity (Wildman–Crippen MR) is 72.1 cm³/mol. The monoisotopic (exact) mass is 271 g/mol. The van der Waals surface area contributed by atoms with E-state index < -0.39 is 6.04 Å². The van der Waals surface area contributed by atoms with Gasteiger partial charge in [0.05, 0.1) is 12.1 Å². The topological polar surface area (TPSA) is 70.1 Å². The fourth-order valence-corrected chi connectivity index (χ4v) is 3.07. The molecule has 102 valence electrons. The first-order valence-electron chi connectivity index (χ1n) is 6.62. The van der Waals surface area contributed by atoms with Gasteiger partial charge in [-0.15, -0.1) is 12.4 Å². The van der Waals surface area contributed by atoms with Crippen LogP contribution in [0.4, 0.5) is 0 Å². The minimum Gasteiger partial charge on any atom is -0.322 e. The quantitative estimate of drug-likeness (QED) is 0.833. The molecular weight excluding hydrogens is 250 g/mol. The van der Waals surface area contributed by atoms with Crippen molar-refractivity contribution in [3.8, 4) is 6.07 Å². The van der Waals surface area contributed by atoms with Gasteiger partial charge in [-0.3, -0.25) is 4.79 Å². The van der Waals surface area contributed by atoms with Crippen LogP contribution < -0.4 is 5.73 Å². The number of likely N-dealkylation sites (tertiary alicyclic amines) is 1. The molecule has 1 saturated carbocycles. The number of amides is 1. The Hall–Kier alpha value is -0.790. The van der Waals surface area contributed by atoms with Crippen molar-refractivity contribution in [3.63, 3.8) is 0 Å². The molecule has 0 aromatic heterocycles. The van der Waals surface area contributed by atoms with Crippen LogP contribution in [0.15, 0.2) is 0 Å². The zero-order valence-corrected chi connectivity index (χ0v) is 11.7. The smallest absolute Gasteiger partial charge is 0.241 e. The molecule has 0 aromatic carbocycles. The first kappa shape index (κ1) is 15.3. The van der Waals surface area contributed by atoms with Gasteiger partial charge in [0.15, 0.2) is 0 Å². The molecule has 4 nitrogen and oxygen atoms in total. The molecule has 3 atom stereocenters. The van der Waals surface area contributed by atoms with E-state index in [2.05, 4.69) is 6.07 Å². The highest BCUT2D eigenvalue weighted by atomic mass is 35.5. The lowest BCUT2D eigenvalue weighted by atomic mass is 9.82. The van der Waals surface area contributed by atoms with E-state index in [1.165, 1.54) is 19.3 Å². The van der Waals surface area contributed by atoms with Crippen LogP contribution in [0.5, 0.6) is 0 Å². The van der Waals surface area contributed by atoms with Crippen molar-refractivity contribution in [1.29, 1.82) is 5.26 Å². The Kier molecular flexibility index (Phi) is 5.43. The number of hydrogen-bond donors (Lipinski definition) is 1. The lowest BCUT2D eigenvalue weighted by molar-refractivity contribution is -0.144. The molecule has 1 amide bonds. The minimum atomic E-state index is -0.395. The van der Waals surface area contributed by atoms with Gasteiger partial charge in [0.2, 0.25) is 5.91 Å². The van der Waals surface area contributed by atoms with Gasteiger partial charge in [-0.2, -0.15) is 5.26 Å². The van der Waals surface area contributed by atoms with Crippen LogP contribution in [0.3, 0.4) is 0 Å². The molecule has 18 heavy (non-hydrogen) atoms. The third-order valence-electron chi connectivity index (χ3n) is 4.22. The van der Waals surface area contributed by atoms with E-state index >= 15 is 0 Å². The number of halogens is 1. The van der Waals surface area contributed by atoms with Crippen molar-refractivity contribution >= 4 is 18.3 Å². The van der Waals surface area contributed by atoms with Gasteiger partial charge in [-0.25, -0.2) is 0 Å². The molecule has 1 heterocycles. The summed E-state index contributed by atoms with van der Waals surface area (Å²) in [7, 11) is 0. The summed E-state index contributed by atoms with van der Waals surface area (Å²) in [6.45, 7) is 1.99. The number of hydrogen-bond acceptors (Lipinski definition) is 3. The highest BCUT2D eigenvalue weighted by molar-refractivity contribution is 5.85. The van der Waals surface area contributed by atoms with Crippen LogP contribution in [0.1, 0.15) is 45.4 Å².